The first-order chi connectivity index (χ1) is 9.65. The zero-order valence-electron chi connectivity index (χ0n) is 12.6. The van der Waals surface area contributed by atoms with Crippen LogP contribution in [0.4, 0.5) is 0 Å². The lowest BCUT2D eigenvalue weighted by molar-refractivity contribution is 0.318. The van der Waals surface area contributed by atoms with Gasteiger partial charge in [0.05, 0.1) is 17.6 Å². The van der Waals surface area contributed by atoms with Crippen LogP contribution >= 0.6 is 12.6 Å². The van der Waals surface area contributed by atoms with Crippen LogP contribution < -0.4 is 4.74 Å². The van der Waals surface area contributed by atoms with Crippen molar-refractivity contribution in [2.24, 2.45) is 5.92 Å². The summed E-state index contributed by atoms with van der Waals surface area (Å²) < 4.78 is 8.01. The van der Waals surface area contributed by atoms with Gasteiger partial charge >= 0.3 is 0 Å². The summed E-state index contributed by atoms with van der Waals surface area (Å²) in [6, 6.07) is 6.21. The average molecular weight is 292 g/mol. The molecule has 0 bridgehead atoms. The normalized spacial score (nSPS) is 11.4. The SMILES string of the molecule is CCCOc1ccc2c(c1)nc(CCS)n2CC(C)C. The van der Waals surface area contributed by atoms with Gasteiger partial charge in [0.2, 0.25) is 0 Å². The van der Waals surface area contributed by atoms with Gasteiger partial charge in [0.15, 0.2) is 0 Å². The third-order valence-corrected chi connectivity index (χ3v) is 3.38. The van der Waals surface area contributed by atoms with Gasteiger partial charge in [-0.05, 0) is 30.2 Å². The molecule has 0 atom stereocenters. The van der Waals surface area contributed by atoms with Crippen molar-refractivity contribution in [2.75, 3.05) is 12.4 Å². The van der Waals surface area contributed by atoms with Crippen LogP contribution in [0.25, 0.3) is 11.0 Å². The Morgan fingerprint density at radius 3 is 2.80 bits per heavy atom. The Morgan fingerprint density at radius 1 is 1.35 bits per heavy atom. The number of aromatic nitrogens is 2. The second kappa shape index (κ2) is 7.02. The third-order valence-electron chi connectivity index (χ3n) is 3.15. The molecular formula is C16H24N2OS. The third kappa shape index (κ3) is 3.48. The highest BCUT2D eigenvalue weighted by Gasteiger charge is 2.12. The Hall–Kier alpha value is -1.16. The lowest BCUT2D eigenvalue weighted by Gasteiger charge is -2.11. The molecule has 3 nitrogen and oxygen atoms in total. The highest BCUT2D eigenvalue weighted by atomic mass is 32.1. The van der Waals surface area contributed by atoms with E-state index in [-0.39, 0.29) is 0 Å². The Morgan fingerprint density at radius 2 is 2.15 bits per heavy atom. The fraction of sp³-hybridized carbons (Fsp3) is 0.562. The van der Waals surface area contributed by atoms with E-state index < -0.39 is 0 Å². The molecule has 2 aromatic rings. The van der Waals surface area contributed by atoms with Crippen molar-refractivity contribution >= 4 is 23.7 Å². The molecule has 20 heavy (non-hydrogen) atoms. The monoisotopic (exact) mass is 292 g/mol. The van der Waals surface area contributed by atoms with Crippen LogP contribution in [0.15, 0.2) is 18.2 Å². The number of rotatable bonds is 7. The highest BCUT2D eigenvalue weighted by Crippen LogP contribution is 2.23. The van der Waals surface area contributed by atoms with Gasteiger partial charge in [-0.25, -0.2) is 4.98 Å². The van der Waals surface area contributed by atoms with E-state index >= 15 is 0 Å². The summed E-state index contributed by atoms with van der Waals surface area (Å²) in [6.45, 7) is 8.32. The first-order valence-electron chi connectivity index (χ1n) is 7.38. The van der Waals surface area contributed by atoms with Crippen LogP contribution in [-0.2, 0) is 13.0 Å². The summed E-state index contributed by atoms with van der Waals surface area (Å²) in [4.78, 5) is 4.76. The van der Waals surface area contributed by atoms with Crippen LogP contribution in [0.2, 0.25) is 0 Å². The van der Waals surface area contributed by atoms with Crippen LogP contribution in [0, 0.1) is 5.92 Å². The molecule has 0 spiro atoms. The highest BCUT2D eigenvalue weighted by molar-refractivity contribution is 7.80. The van der Waals surface area contributed by atoms with E-state index in [4.69, 9.17) is 9.72 Å². The molecule has 0 aliphatic carbocycles. The molecule has 0 unspecified atom stereocenters. The van der Waals surface area contributed by atoms with Crippen LogP contribution in [0.1, 0.15) is 33.0 Å². The van der Waals surface area contributed by atoms with Crippen molar-refractivity contribution in [3.05, 3.63) is 24.0 Å². The molecule has 2 rings (SSSR count). The Bertz CT molecular complexity index is 563. The van der Waals surface area contributed by atoms with E-state index in [1.165, 1.54) is 5.52 Å². The number of aryl methyl sites for hydroxylation is 1. The van der Waals surface area contributed by atoms with Gasteiger partial charge in [0, 0.05) is 19.0 Å². The number of thiol groups is 1. The lowest BCUT2D eigenvalue weighted by Crippen LogP contribution is -2.09. The van der Waals surface area contributed by atoms with Gasteiger partial charge in [-0.15, -0.1) is 0 Å². The van der Waals surface area contributed by atoms with E-state index in [0.29, 0.717) is 5.92 Å². The van der Waals surface area contributed by atoms with Gasteiger partial charge in [0.25, 0.3) is 0 Å². The molecular weight excluding hydrogens is 268 g/mol. The van der Waals surface area contributed by atoms with Gasteiger partial charge in [-0.3, -0.25) is 0 Å². The van der Waals surface area contributed by atoms with Crippen LogP contribution in [0.3, 0.4) is 0 Å². The first kappa shape index (κ1) is 15.2. The van der Waals surface area contributed by atoms with Crippen LogP contribution in [-0.4, -0.2) is 21.9 Å². The Labute approximate surface area is 126 Å². The molecule has 0 saturated heterocycles. The number of hydrogen-bond acceptors (Lipinski definition) is 3. The number of fused-ring (bicyclic) bond motifs is 1. The topological polar surface area (TPSA) is 27.1 Å². The summed E-state index contributed by atoms with van der Waals surface area (Å²) in [6.07, 6.45) is 1.92. The van der Waals surface area contributed by atoms with Crippen molar-refractivity contribution < 1.29 is 4.74 Å². The van der Waals surface area contributed by atoms with Crippen LogP contribution in [0.5, 0.6) is 5.75 Å². The maximum absolute atomic E-state index is 5.69. The molecule has 0 saturated carbocycles. The average Bonchev–Trinajstić information content (AvgIpc) is 2.74. The van der Waals surface area contributed by atoms with Gasteiger partial charge < -0.3 is 9.30 Å². The molecule has 1 aromatic carbocycles. The largest absolute Gasteiger partial charge is 0.494 e. The van der Waals surface area contributed by atoms with E-state index in [2.05, 4.69) is 44.0 Å². The quantitative estimate of drug-likeness (QED) is 0.782. The molecule has 0 aliphatic rings. The summed E-state index contributed by atoms with van der Waals surface area (Å²) in [5.74, 6) is 3.45. The molecule has 0 aliphatic heterocycles. The minimum absolute atomic E-state index is 0.599. The van der Waals surface area contributed by atoms with Crippen molar-refractivity contribution in [1.82, 2.24) is 9.55 Å². The van der Waals surface area contributed by atoms with Crippen molar-refractivity contribution in [2.45, 2.75) is 40.2 Å². The zero-order chi connectivity index (χ0) is 14.5. The predicted octanol–water partition coefficient (Wildman–Crippen LogP) is 3.95. The molecule has 1 aromatic heterocycles. The summed E-state index contributed by atoms with van der Waals surface area (Å²) >= 11 is 4.34. The molecule has 110 valence electrons. The molecule has 0 fully saturated rings. The zero-order valence-corrected chi connectivity index (χ0v) is 13.5. The predicted molar refractivity (Wildman–Crippen MR) is 87.9 cm³/mol. The van der Waals surface area contributed by atoms with Gasteiger partial charge in [-0.1, -0.05) is 20.8 Å². The summed E-state index contributed by atoms with van der Waals surface area (Å²) in [5, 5.41) is 0. The maximum atomic E-state index is 5.69. The van der Waals surface area contributed by atoms with E-state index in [9.17, 15) is 0 Å². The number of imidazole rings is 1. The first-order valence-corrected chi connectivity index (χ1v) is 8.01. The standard InChI is InChI=1S/C16H24N2OS/c1-4-8-19-13-5-6-15-14(10-13)17-16(7-9-20)18(15)11-12(2)3/h5-6,10,12,20H,4,7-9,11H2,1-3H3. The second-order valence-corrected chi connectivity index (χ2v) is 5.95. The summed E-state index contributed by atoms with van der Waals surface area (Å²) in [5.41, 5.74) is 2.22. The Kier molecular flexibility index (Phi) is 5.35. The maximum Gasteiger partial charge on any atom is 0.121 e. The van der Waals surface area contributed by atoms with Crippen molar-refractivity contribution in [1.29, 1.82) is 0 Å². The van der Waals surface area contributed by atoms with Gasteiger partial charge in [-0.2, -0.15) is 12.6 Å². The molecule has 0 amide bonds. The van der Waals surface area contributed by atoms with Crippen molar-refractivity contribution in [3.8, 4) is 5.75 Å². The van der Waals surface area contributed by atoms with E-state index in [1.54, 1.807) is 0 Å². The number of nitrogens with zero attached hydrogens (tertiary/aromatic N) is 2. The van der Waals surface area contributed by atoms with E-state index in [0.717, 1.165) is 48.8 Å². The Balaban J connectivity index is 2.38. The fourth-order valence-electron chi connectivity index (χ4n) is 2.33. The summed E-state index contributed by atoms with van der Waals surface area (Å²) in [7, 11) is 0. The minimum atomic E-state index is 0.599. The smallest absolute Gasteiger partial charge is 0.121 e. The second-order valence-electron chi connectivity index (χ2n) is 5.51. The minimum Gasteiger partial charge on any atom is -0.494 e. The molecule has 1 heterocycles. The number of benzene rings is 1. The van der Waals surface area contributed by atoms with E-state index in [1.807, 2.05) is 12.1 Å². The van der Waals surface area contributed by atoms with Crippen molar-refractivity contribution in [3.63, 3.8) is 0 Å². The fourth-order valence-corrected chi connectivity index (χ4v) is 2.53. The molecule has 0 N–H and O–H groups in total. The number of hydrogen-bond donors (Lipinski definition) is 1. The molecule has 4 heteroatoms. The number of ether oxygens (including phenoxy) is 1. The lowest BCUT2D eigenvalue weighted by atomic mass is 10.2. The van der Waals surface area contributed by atoms with Gasteiger partial charge in [0.1, 0.15) is 11.6 Å². The molecule has 0 radical (unpaired) electrons.